The van der Waals surface area contributed by atoms with Crippen LogP contribution in [-0.4, -0.2) is 28.5 Å². The molecule has 1 saturated heterocycles. The van der Waals surface area contributed by atoms with Crippen molar-refractivity contribution in [2.75, 3.05) is 6.54 Å². The molecule has 78 valence electrons. The zero-order chi connectivity index (χ0) is 10.6. The van der Waals surface area contributed by atoms with E-state index in [0.717, 1.165) is 19.3 Å². The Balaban J connectivity index is 2.55. The predicted octanol–water partition coefficient (Wildman–Crippen LogP) is 1.45. The van der Waals surface area contributed by atoms with Gasteiger partial charge in [-0.15, -0.1) is 6.58 Å². The van der Waals surface area contributed by atoms with Crippen LogP contribution in [0.5, 0.6) is 0 Å². The summed E-state index contributed by atoms with van der Waals surface area (Å²) in [6, 6.07) is -0.109. The molecule has 3 nitrogen and oxygen atoms in total. The predicted molar refractivity (Wildman–Crippen MR) is 61.0 cm³/mol. The second-order valence-electron chi connectivity index (χ2n) is 3.38. The molecule has 1 amide bonds. The molecule has 0 aromatic carbocycles. The molecule has 0 saturated carbocycles. The summed E-state index contributed by atoms with van der Waals surface area (Å²) in [5.74, 6) is 0.0864. The van der Waals surface area contributed by atoms with E-state index in [1.807, 2.05) is 0 Å². The van der Waals surface area contributed by atoms with Crippen molar-refractivity contribution >= 4 is 23.2 Å². The highest BCUT2D eigenvalue weighted by Gasteiger charge is 2.33. The van der Waals surface area contributed by atoms with Gasteiger partial charge in [-0.3, -0.25) is 9.69 Å². The molecule has 1 aliphatic heterocycles. The van der Waals surface area contributed by atoms with E-state index in [-0.39, 0.29) is 11.9 Å². The molecular formula is C10H16N2OS. The minimum atomic E-state index is -0.109. The summed E-state index contributed by atoms with van der Waals surface area (Å²) in [5.41, 5.74) is 0. The van der Waals surface area contributed by atoms with E-state index >= 15 is 0 Å². The van der Waals surface area contributed by atoms with Crippen LogP contribution in [0.25, 0.3) is 0 Å². The standard InChI is InChI=1S/C10H16N2OS/c1-3-5-6-8-9(13)12(7-4-2)10(14)11-8/h4,8H,2-3,5-7H2,1H3,(H,11,14)/t8-/m1/s1. The molecule has 0 spiro atoms. The first-order valence-corrected chi connectivity index (χ1v) is 5.34. The topological polar surface area (TPSA) is 32.3 Å². The Labute approximate surface area is 90.2 Å². The lowest BCUT2D eigenvalue weighted by atomic mass is 10.1. The third-order valence-corrected chi connectivity index (χ3v) is 2.60. The van der Waals surface area contributed by atoms with Crippen LogP contribution in [0.15, 0.2) is 12.7 Å². The van der Waals surface area contributed by atoms with Crippen molar-refractivity contribution in [3.63, 3.8) is 0 Å². The summed E-state index contributed by atoms with van der Waals surface area (Å²) in [4.78, 5) is 13.3. The number of nitrogens with zero attached hydrogens (tertiary/aromatic N) is 1. The zero-order valence-electron chi connectivity index (χ0n) is 8.45. The molecule has 0 radical (unpaired) electrons. The van der Waals surface area contributed by atoms with E-state index in [9.17, 15) is 4.79 Å². The van der Waals surface area contributed by atoms with E-state index in [1.165, 1.54) is 0 Å². The quantitative estimate of drug-likeness (QED) is 0.553. The fourth-order valence-corrected chi connectivity index (χ4v) is 1.79. The first-order valence-electron chi connectivity index (χ1n) is 4.93. The Kier molecular flexibility index (Phi) is 4.07. The summed E-state index contributed by atoms with van der Waals surface area (Å²) >= 11 is 5.06. The molecule has 0 aliphatic carbocycles. The number of amides is 1. The van der Waals surface area contributed by atoms with Crippen LogP contribution in [0.1, 0.15) is 26.2 Å². The van der Waals surface area contributed by atoms with Crippen LogP contribution in [0, 0.1) is 0 Å². The maximum absolute atomic E-state index is 11.7. The molecule has 1 atom stereocenters. The number of carbonyl (C=O) groups is 1. The molecule has 0 aromatic rings. The average molecular weight is 212 g/mol. The number of hydrogen-bond donors (Lipinski definition) is 1. The van der Waals surface area contributed by atoms with Gasteiger partial charge in [0.25, 0.3) is 5.91 Å². The fraction of sp³-hybridized carbons (Fsp3) is 0.600. The van der Waals surface area contributed by atoms with Crippen molar-refractivity contribution < 1.29 is 4.79 Å². The Morgan fingerprint density at radius 2 is 2.43 bits per heavy atom. The number of nitrogens with one attached hydrogen (secondary N) is 1. The monoisotopic (exact) mass is 212 g/mol. The molecule has 4 heteroatoms. The van der Waals surface area contributed by atoms with Crippen LogP contribution in [-0.2, 0) is 4.79 Å². The zero-order valence-corrected chi connectivity index (χ0v) is 9.27. The normalized spacial score (nSPS) is 21.2. The summed E-state index contributed by atoms with van der Waals surface area (Å²) < 4.78 is 0. The Morgan fingerprint density at radius 3 is 3.00 bits per heavy atom. The summed E-state index contributed by atoms with van der Waals surface area (Å²) in [7, 11) is 0. The highest BCUT2D eigenvalue weighted by molar-refractivity contribution is 7.80. The SMILES string of the molecule is C=CCN1C(=O)[C@@H](CCCC)NC1=S. The molecule has 1 aliphatic rings. The van der Waals surface area contributed by atoms with Crippen molar-refractivity contribution in [1.82, 2.24) is 10.2 Å². The van der Waals surface area contributed by atoms with E-state index < -0.39 is 0 Å². The molecule has 1 N–H and O–H groups in total. The number of rotatable bonds is 5. The van der Waals surface area contributed by atoms with Gasteiger partial charge in [0.15, 0.2) is 5.11 Å². The van der Waals surface area contributed by atoms with Gasteiger partial charge in [-0.05, 0) is 18.6 Å². The summed E-state index contributed by atoms with van der Waals surface area (Å²) in [6.07, 6.45) is 4.70. The van der Waals surface area contributed by atoms with Gasteiger partial charge in [0.2, 0.25) is 0 Å². The van der Waals surface area contributed by atoms with Crippen molar-refractivity contribution in [3.8, 4) is 0 Å². The van der Waals surface area contributed by atoms with Gasteiger partial charge in [-0.25, -0.2) is 0 Å². The van der Waals surface area contributed by atoms with Crippen LogP contribution >= 0.6 is 12.2 Å². The highest BCUT2D eigenvalue weighted by atomic mass is 32.1. The van der Waals surface area contributed by atoms with E-state index in [1.54, 1.807) is 11.0 Å². The molecule has 1 rings (SSSR count). The van der Waals surface area contributed by atoms with Gasteiger partial charge < -0.3 is 5.32 Å². The molecule has 0 unspecified atom stereocenters. The summed E-state index contributed by atoms with van der Waals surface area (Å²) in [5, 5.41) is 3.57. The third-order valence-electron chi connectivity index (χ3n) is 2.27. The first-order chi connectivity index (χ1) is 6.70. The lowest BCUT2D eigenvalue weighted by molar-refractivity contribution is -0.126. The van der Waals surface area contributed by atoms with Gasteiger partial charge in [-0.1, -0.05) is 25.8 Å². The van der Waals surface area contributed by atoms with Crippen molar-refractivity contribution in [3.05, 3.63) is 12.7 Å². The Bertz CT molecular complexity index is 253. The van der Waals surface area contributed by atoms with E-state index in [4.69, 9.17) is 12.2 Å². The second-order valence-corrected chi connectivity index (χ2v) is 3.77. The third kappa shape index (κ3) is 2.32. The summed E-state index contributed by atoms with van der Waals surface area (Å²) in [6.45, 7) is 6.22. The molecule has 0 aromatic heterocycles. The lowest BCUT2D eigenvalue weighted by Gasteiger charge is -2.11. The molecular weight excluding hydrogens is 196 g/mol. The van der Waals surface area contributed by atoms with Crippen LogP contribution in [0.2, 0.25) is 0 Å². The molecule has 1 fully saturated rings. The Hall–Kier alpha value is -0.900. The van der Waals surface area contributed by atoms with E-state index in [2.05, 4.69) is 18.8 Å². The Morgan fingerprint density at radius 1 is 1.71 bits per heavy atom. The molecule has 1 heterocycles. The average Bonchev–Trinajstić information content (AvgIpc) is 2.43. The minimum absolute atomic E-state index is 0.0864. The van der Waals surface area contributed by atoms with Gasteiger partial charge in [0.05, 0.1) is 0 Å². The lowest BCUT2D eigenvalue weighted by Crippen LogP contribution is -2.31. The number of unbranched alkanes of at least 4 members (excludes halogenated alkanes) is 1. The smallest absolute Gasteiger partial charge is 0.251 e. The number of hydrogen-bond acceptors (Lipinski definition) is 2. The number of carbonyl (C=O) groups excluding carboxylic acids is 1. The largest absolute Gasteiger partial charge is 0.350 e. The van der Waals surface area contributed by atoms with Crippen LogP contribution in [0.3, 0.4) is 0 Å². The van der Waals surface area contributed by atoms with Crippen LogP contribution < -0.4 is 5.32 Å². The van der Waals surface area contributed by atoms with Gasteiger partial charge >= 0.3 is 0 Å². The maximum Gasteiger partial charge on any atom is 0.251 e. The second kappa shape index (κ2) is 5.10. The van der Waals surface area contributed by atoms with Crippen molar-refractivity contribution in [2.45, 2.75) is 32.2 Å². The van der Waals surface area contributed by atoms with Crippen molar-refractivity contribution in [2.24, 2.45) is 0 Å². The maximum atomic E-state index is 11.7. The van der Waals surface area contributed by atoms with Gasteiger partial charge in [0.1, 0.15) is 6.04 Å². The van der Waals surface area contributed by atoms with Crippen molar-refractivity contribution in [1.29, 1.82) is 0 Å². The minimum Gasteiger partial charge on any atom is -0.350 e. The highest BCUT2D eigenvalue weighted by Crippen LogP contribution is 2.12. The molecule has 14 heavy (non-hydrogen) atoms. The number of thiocarbonyl (C=S) groups is 1. The first kappa shape index (κ1) is 11.2. The van der Waals surface area contributed by atoms with Gasteiger partial charge in [-0.2, -0.15) is 0 Å². The molecule has 0 bridgehead atoms. The van der Waals surface area contributed by atoms with Crippen LogP contribution in [0.4, 0.5) is 0 Å². The van der Waals surface area contributed by atoms with Gasteiger partial charge in [0, 0.05) is 6.54 Å². The van der Waals surface area contributed by atoms with E-state index in [0.29, 0.717) is 11.7 Å². The fourth-order valence-electron chi connectivity index (χ4n) is 1.48.